The zero-order valence-electron chi connectivity index (χ0n) is 13.8. The van der Waals surface area contributed by atoms with Crippen LogP contribution in [0.1, 0.15) is 28.4 Å². The minimum atomic E-state index is 0. The Hall–Kier alpha value is -2.17. The number of aryl methyl sites for hydroxylation is 2. The van der Waals surface area contributed by atoms with Crippen molar-refractivity contribution in [1.82, 2.24) is 4.98 Å². The average molecular weight is 359 g/mol. The van der Waals surface area contributed by atoms with Crippen molar-refractivity contribution in [3.05, 3.63) is 64.5 Å². The summed E-state index contributed by atoms with van der Waals surface area (Å²) in [7, 11) is 0. The minimum Gasteiger partial charge on any atom is -0.332 e. The van der Waals surface area contributed by atoms with Crippen LogP contribution in [-0.4, -0.2) is 10.8 Å². The second kappa shape index (κ2) is 7.60. The number of nitrogens with one attached hydrogen (secondary N) is 1. The quantitative estimate of drug-likeness (QED) is 0.599. The van der Waals surface area contributed by atoms with E-state index < -0.39 is 0 Å². The van der Waals surface area contributed by atoms with E-state index in [2.05, 4.69) is 47.7 Å². The molecule has 24 heavy (non-hydrogen) atoms. The molecule has 3 rings (SSSR count). The number of Topliss-reactive ketones (excluding diaryl/α,β-unsaturated/α-hetero) is 1. The van der Waals surface area contributed by atoms with Crippen molar-refractivity contribution in [3.8, 4) is 11.3 Å². The summed E-state index contributed by atoms with van der Waals surface area (Å²) < 4.78 is 0. The van der Waals surface area contributed by atoms with Gasteiger partial charge in [0.15, 0.2) is 10.9 Å². The summed E-state index contributed by atoms with van der Waals surface area (Å²) >= 11 is 1.56. The Balaban J connectivity index is 0.00000208. The van der Waals surface area contributed by atoms with Crippen LogP contribution in [0.25, 0.3) is 11.3 Å². The smallest absolute Gasteiger partial charge is 0.187 e. The van der Waals surface area contributed by atoms with Gasteiger partial charge in [-0.05, 0) is 38.5 Å². The van der Waals surface area contributed by atoms with E-state index in [1.54, 1.807) is 18.3 Å². The summed E-state index contributed by atoms with van der Waals surface area (Å²) in [5.41, 5.74) is 6.16. The molecule has 0 bridgehead atoms. The van der Waals surface area contributed by atoms with Gasteiger partial charge in [0, 0.05) is 22.2 Å². The van der Waals surface area contributed by atoms with E-state index in [1.807, 2.05) is 24.3 Å². The standard InChI is InChI=1S/C19H18N2OS.ClH/c1-12-7-8-17(13(2)9-12)18-11-23-19(21-18)20-16-6-4-5-15(10-16)14(3)22;/h4-11H,1-3H3,(H,20,21);1H. The molecule has 0 aliphatic rings. The number of aromatic nitrogens is 1. The second-order valence-corrected chi connectivity index (χ2v) is 6.48. The molecule has 0 atom stereocenters. The molecular formula is C19H19ClN2OS. The Morgan fingerprint density at radius 1 is 1.12 bits per heavy atom. The lowest BCUT2D eigenvalue weighted by atomic mass is 10.0. The lowest BCUT2D eigenvalue weighted by Gasteiger charge is -2.05. The number of halogens is 1. The van der Waals surface area contributed by atoms with Crippen molar-refractivity contribution in [2.45, 2.75) is 20.8 Å². The van der Waals surface area contributed by atoms with Gasteiger partial charge in [0.05, 0.1) is 5.69 Å². The molecule has 0 aliphatic carbocycles. The topological polar surface area (TPSA) is 42.0 Å². The lowest BCUT2D eigenvalue weighted by molar-refractivity contribution is 0.101. The van der Waals surface area contributed by atoms with E-state index in [0.29, 0.717) is 5.56 Å². The van der Waals surface area contributed by atoms with Crippen LogP contribution in [0, 0.1) is 13.8 Å². The molecule has 0 amide bonds. The molecular weight excluding hydrogens is 340 g/mol. The number of carbonyl (C=O) groups excluding carboxylic acids is 1. The van der Waals surface area contributed by atoms with Crippen molar-refractivity contribution >= 4 is 40.3 Å². The second-order valence-electron chi connectivity index (χ2n) is 5.62. The molecule has 0 radical (unpaired) electrons. The lowest BCUT2D eigenvalue weighted by Crippen LogP contribution is -1.95. The molecule has 0 spiro atoms. The van der Waals surface area contributed by atoms with Gasteiger partial charge in [-0.2, -0.15) is 0 Å². The molecule has 0 saturated heterocycles. The first-order valence-corrected chi connectivity index (χ1v) is 8.32. The normalized spacial score (nSPS) is 10.1. The van der Waals surface area contributed by atoms with Gasteiger partial charge in [-0.1, -0.05) is 35.9 Å². The minimum absolute atomic E-state index is 0. The molecule has 0 saturated carbocycles. The van der Waals surface area contributed by atoms with Crippen LogP contribution < -0.4 is 5.32 Å². The van der Waals surface area contributed by atoms with E-state index in [-0.39, 0.29) is 18.2 Å². The fourth-order valence-electron chi connectivity index (χ4n) is 2.50. The van der Waals surface area contributed by atoms with Crippen molar-refractivity contribution in [3.63, 3.8) is 0 Å². The van der Waals surface area contributed by atoms with E-state index in [9.17, 15) is 4.79 Å². The predicted octanol–water partition coefficient (Wildman–Crippen LogP) is 5.79. The van der Waals surface area contributed by atoms with Crippen LogP contribution >= 0.6 is 23.7 Å². The van der Waals surface area contributed by atoms with Gasteiger partial charge in [-0.25, -0.2) is 4.98 Å². The van der Waals surface area contributed by atoms with Crippen LogP contribution in [0.15, 0.2) is 47.8 Å². The summed E-state index contributed by atoms with van der Waals surface area (Å²) in [5, 5.41) is 6.15. The van der Waals surface area contributed by atoms with Crippen LogP contribution in [0.5, 0.6) is 0 Å². The van der Waals surface area contributed by atoms with Gasteiger partial charge < -0.3 is 5.32 Å². The monoisotopic (exact) mass is 358 g/mol. The first-order chi connectivity index (χ1) is 11.0. The molecule has 1 N–H and O–H groups in total. The van der Waals surface area contributed by atoms with E-state index in [0.717, 1.165) is 22.1 Å². The fraction of sp³-hybridized carbons (Fsp3) is 0.158. The van der Waals surface area contributed by atoms with E-state index in [1.165, 1.54) is 11.1 Å². The molecule has 2 aromatic carbocycles. The number of rotatable bonds is 4. The third kappa shape index (κ3) is 4.02. The number of carbonyl (C=O) groups is 1. The Morgan fingerprint density at radius 2 is 1.92 bits per heavy atom. The average Bonchev–Trinajstić information content (AvgIpc) is 2.95. The highest BCUT2D eigenvalue weighted by atomic mass is 35.5. The van der Waals surface area contributed by atoms with Crippen LogP contribution in [-0.2, 0) is 0 Å². The number of benzene rings is 2. The number of hydrogen-bond donors (Lipinski definition) is 1. The maximum Gasteiger partial charge on any atom is 0.187 e. The summed E-state index contributed by atoms with van der Waals surface area (Å²) in [4.78, 5) is 16.1. The molecule has 1 aromatic heterocycles. The number of thiazole rings is 1. The van der Waals surface area contributed by atoms with E-state index in [4.69, 9.17) is 0 Å². The fourth-order valence-corrected chi connectivity index (χ4v) is 3.23. The number of ketones is 1. The molecule has 0 aliphatic heterocycles. The summed E-state index contributed by atoms with van der Waals surface area (Å²) in [6, 6.07) is 13.8. The van der Waals surface area contributed by atoms with Gasteiger partial charge in [0.1, 0.15) is 0 Å². The Morgan fingerprint density at radius 3 is 2.62 bits per heavy atom. The SMILES string of the molecule is CC(=O)c1cccc(Nc2nc(-c3ccc(C)cc3C)cs2)c1.Cl. The zero-order chi connectivity index (χ0) is 16.4. The van der Waals surface area contributed by atoms with Crippen LogP contribution in [0.3, 0.4) is 0 Å². The summed E-state index contributed by atoms with van der Waals surface area (Å²) in [6.45, 7) is 5.76. The number of nitrogens with zero attached hydrogens (tertiary/aromatic N) is 1. The van der Waals surface area contributed by atoms with Crippen molar-refractivity contribution in [2.24, 2.45) is 0 Å². The van der Waals surface area contributed by atoms with E-state index >= 15 is 0 Å². The molecule has 1 heterocycles. The molecule has 124 valence electrons. The molecule has 3 nitrogen and oxygen atoms in total. The number of anilines is 2. The third-order valence-corrected chi connectivity index (χ3v) is 4.44. The van der Waals surface area contributed by atoms with Gasteiger partial charge in [-0.15, -0.1) is 23.7 Å². The molecule has 0 unspecified atom stereocenters. The highest BCUT2D eigenvalue weighted by molar-refractivity contribution is 7.14. The van der Waals surface area contributed by atoms with Gasteiger partial charge in [-0.3, -0.25) is 4.79 Å². The third-order valence-electron chi connectivity index (χ3n) is 3.68. The Bertz CT molecular complexity index is 873. The summed E-state index contributed by atoms with van der Waals surface area (Å²) in [6.07, 6.45) is 0. The van der Waals surface area contributed by atoms with Gasteiger partial charge in [0.2, 0.25) is 0 Å². The number of hydrogen-bond acceptors (Lipinski definition) is 4. The first kappa shape index (κ1) is 18.2. The predicted molar refractivity (Wildman–Crippen MR) is 104 cm³/mol. The van der Waals surface area contributed by atoms with Gasteiger partial charge >= 0.3 is 0 Å². The van der Waals surface area contributed by atoms with Crippen LogP contribution in [0.4, 0.5) is 10.8 Å². The zero-order valence-corrected chi connectivity index (χ0v) is 15.4. The Kier molecular flexibility index (Phi) is 5.75. The maximum absolute atomic E-state index is 11.5. The first-order valence-electron chi connectivity index (χ1n) is 7.44. The summed E-state index contributed by atoms with van der Waals surface area (Å²) in [5.74, 6) is 0.0590. The van der Waals surface area contributed by atoms with Crippen molar-refractivity contribution < 1.29 is 4.79 Å². The highest BCUT2D eigenvalue weighted by Crippen LogP contribution is 2.29. The van der Waals surface area contributed by atoms with Crippen molar-refractivity contribution in [2.75, 3.05) is 5.32 Å². The molecule has 0 fully saturated rings. The Labute approximate surface area is 152 Å². The van der Waals surface area contributed by atoms with Crippen LogP contribution in [0.2, 0.25) is 0 Å². The molecule has 5 heteroatoms. The molecule has 3 aromatic rings. The highest BCUT2D eigenvalue weighted by Gasteiger charge is 2.08. The van der Waals surface area contributed by atoms with Gasteiger partial charge in [0.25, 0.3) is 0 Å². The van der Waals surface area contributed by atoms with Crippen molar-refractivity contribution in [1.29, 1.82) is 0 Å². The maximum atomic E-state index is 11.5. The largest absolute Gasteiger partial charge is 0.332 e.